The molecule has 1 aromatic heterocycles. The van der Waals surface area contributed by atoms with Gasteiger partial charge in [0.1, 0.15) is 5.75 Å². The molecule has 1 amide bonds. The zero-order valence-electron chi connectivity index (χ0n) is 15.1. The number of ether oxygens (including phenoxy) is 1. The van der Waals surface area contributed by atoms with Crippen LogP contribution in [-0.2, 0) is 4.79 Å². The van der Waals surface area contributed by atoms with Gasteiger partial charge in [-0.05, 0) is 48.2 Å². The van der Waals surface area contributed by atoms with E-state index in [1.807, 2.05) is 57.2 Å². The second-order valence-corrected chi connectivity index (χ2v) is 6.66. The van der Waals surface area contributed by atoms with Crippen LogP contribution >= 0.6 is 0 Å². The van der Waals surface area contributed by atoms with E-state index in [1.165, 1.54) is 0 Å². The summed E-state index contributed by atoms with van der Waals surface area (Å²) in [5, 5.41) is 3.78. The summed E-state index contributed by atoms with van der Waals surface area (Å²) in [5.74, 6) is 0.640. The summed E-state index contributed by atoms with van der Waals surface area (Å²) >= 11 is 0. The summed E-state index contributed by atoms with van der Waals surface area (Å²) in [4.78, 5) is 26.8. The molecule has 5 heteroatoms. The molecule has 0 aliphatic carbocycles. The van der Waals surface area contributed by atoms with E-state index in [2.05, 4.69) is 10.3 Å². The van der Waals surface area contributed by atoms with Crippen molar-refractivity contribution >= 4 is 22.5 Å². The van der Waals surface area contributed by atoms with Crippen LogP contribution in [-0.4, -0.2) is 17.5 Å². The molecule has 0 radical (unpaired) electrons. The summed E-state index contributed by atoms with van der Waals surface area (Å²) in [6.07, 6.45) is 0. The minimum Gasteiger partial charge on any atom is -0.484 e. The monoisotopic (exact) mass is 350 g/mol. The van der Waals surface area contributed by atoms with Crippen molar-refractivity contribution in [3.05, 3.63) is 70.0 Å². The number of benzene rings is 2. The van der Waals surface area contributed by atoms with Gasteiger partial charge in [-0.15, -0.1) is 0 Å². The van der Waals surface area contributed by atoms with Crippen LogP contribution in [0.25, 0.3) is 10.9 Å². The van der Waals surface area contributed by atoms with Gasteiger partial charge in [-0.25, -0.2) is 0 Å². The van der Waals surface area contributed by atoms with Crippen LogP contribution in [0.5, 0.6) is 5.75 Å². The van der Waals surface area contributed by atoms with Gasteiger partial charge in [-0.1, -0.05) is 32.0 Å². The molecule has 26 heavy (non-hydrogen) atoms. The van der Waals surface area contributed by atoms with Crippen LogP contribution in [0.2, 0.25) is 0 Å². The standard InChI is InChI=1S/C21H22N2O3/c1-13(2)18-11-20(24)23-19-10-15(7-8-17(18)19)22-21(25)12-26-16-6-4-5-14(3)9-16/h4-11,13H,12H2,1-3H3,(H,22,25)(H,23,24). The van der Waals surface area contributed by atoms with Crippen LogP contribution in [0.1, 0.15) is 30.9 Å². The average Bonchev–Trinajstić information content (AvgIpc) is 2.59. The number of aromatic nitrogens is 1. The summed E-state index contributed by atoms with van der Waals surface area (Å²) in [7, 11) is 0. The third-order valence-corrected chi connectivity index (χ3v) is 4.14. The Kier molecular flexibility index (Phi) is 5.07. The van der Waals surface area contributed by atoms with Crippen molar-refractivity contribution in [3.8, 4) is 5.75 Å². The number of H-pyrrole nitrogens is 1. The SMILES string of the molecule is Cc1cccc(OCC(=O)Nc2ccc3c(C(C)C)cc(=O)[nH]c3c2)c1. The Hall–Kier alpha value is -3.08. The Balaban J connectivity index is 1.74. The quantitative estimate of drug-likeness (QED) is 0.731. The van der Waals surface area contributed by atoms with E-state index in [0.717, 1.165) is 16.5 Å². The zero-order valence-corrected chi connectivity index (χ0v) is 15.1. The minimum absolute atomic E-state index is 0.0793. The highest BCUT2D eigenvalue weighted by molar-refractivity contribution is 5.95. The smallest absolute Gasteiger partial charge is 0.262 e. The molecule has 0 aliphatic heterocycles. The highest BCUT2D eigenvalue weighted by atomic mass is 16.5. The molecule has 0 aliphatic rings. The van der Waals surface area contributed by atoms with Crippen LogP contribution < -0.4 is 15.6 Å². The maximum atomic E-state index is 12.1. The lowest BCUT2D eigenvalue weighted by atomic mass is 9.99. The molecule has 2 aromatic carbocycles. The van der Waals surface area contributed by atoms with E-state index in [4.69, 9.17) is 4.74 Å². The maximum absolute atomic E-state index is 12.1. The molecule has 0 atom stereocenters. The van der Waals surface area contributed by atoms with Gasteiger partial charge in [-0.3, -0.25) is 9.59 Å². The number of pyridine rings is 1. The summed E-state index contributed by atoms with van der Waals surface area (Å²) in [6, 6.07) is 14.7. The van der Waals surface area contributed by atoms with Crippen molar-refractivity contribution in [2.45, 2.75) is 26.7 Å². The Morgan fingerprint density at radius 3 is 2.69 bits per heavy atom. The third-order valence-electron chi connectivity index (χ3n) is 4.14. The number of amides is 1. The van der Waals surface area contributed by atoms with Crippen LogP contribution in [0, 0.1) is 6.92 Å². The van der Waals surface area contributed by atoms with E-state index in [0.29, 0.717) is 17.0 Å². The molecule has 3 rings (SSSR count). The fraction of sp³-hybridized carbons (Fsp3) is 0.238. The second-order valence-electron chi connectivity index (χ2n) is 6.66. The van der Waals surface area contributed by atoms with Crippen molar-refractivity contribution in [2.75, 3.05) is 11.9 Å². The molecule has 0 fully saturated rings. The number of carbonyl (C=O) groups is 1. The highest BCUT2D eigenvalue weighted by Gasteiger charge is 2.09. The van der Waals surface area contributed by atoms with Gasteiger partial charge >= 0.3 is 0 Å². The van der Waals surface area contributed by atoms with E-state index < -0.39 is 0 Å². The number of fused-ring (bicyclic) bond motifs is 1. The fourth-order valence-electron chi connectivity index (χ4n) is 2.89. The van der Waals surface area contributed by atoms with Crippen molar-refractivity contribution in [1.29, 1.82) is 0 Å². The van der Waals surface area contributed by atoms with Gasteiger partial charge in [0.15, 0.2) is 6.61 Å². The molecule has 2 N–H and O–H groups in total. The lowest BCUT2D eigenvalue weighted by Gasteiger charge is -2.12. The lowest BCUT2D eigenvalue weighted by Crippen LogP contribution is -2.20. The molecule has 0 spiro atoms. The molecule has 0 bridgehead atoms. The average molecular weight is 350 g/mol. The van der Waals surface area contributed by atoms with Crippen LogP contribution in [0.15, 0.2) is 53.3 Å². The van der Waals surface area contributed by atoms with Gasteiger partial charge in [0.25, 0.3) is 5.91 Å². The largest absolute Gasteiger partial charge is 0.484 e. The van der Waals surface area contributed by atoms with E-state index in [1.54, 1.807) is 12.1 Å². The number of aryl methyl sites for hydroxylation is 1. The molecular formula is C21H22N2O3. The van der Waals surface area contributed by atoms with Crippen molar-refractivity contribution in [2.24, 2.45) is 0 Å². The number of aromatic amines is 1. The number of anilines is 1. The van der Waals surface area contributed by atoms with Gasteiger partial charge in [0.2, 0.25) is 5.56 Å². The highest BCUT2D eigenvalue weighted by Crippen LogP contribution is 2.24. The van der Waals surface area contributed by atoms with Crippen LogP contribution in [0.4, 0.5) is 5.69 Å². The van der Waals surface area contributed by atoms with Crippen molar-refractivity contribution in [1.82, 2.24) is 4.98 Å². The zero-order chi connectivity index (χ0) is 18.7. The van der Waals surface area contributed by atoms with Gasteiger partial charge in [0.05, 0.1) is 5.52 Å². The lowest BCUT2D eigenvalue weighted by molar-refractivity contribution is -0.118. The Morgan fingerprint density at radius 1 is 1.15 bits per heavy atom. The number of rotatable bonds is 5. The number of carbonyl (C=O) groups excluding carboxylic acids is 1. The molecule has 3 aromatic rings. The number of hydrogen-bond donors (Lipinski definition) is 2. The number of hydrogen-bond acceptors (Lipinski definition) is 3. The fourth-order valence-corrected chi connectivity index (χ4v) is 2.89. The van der Waals surface area contributed by atoms with E-state index in [-0.39, 0.29) is 24.0 Å². The first kappa shape index (κ1) is 17.7. The van der Waals surface area contributed by atoms with E-state index >= 15 is 0 Å². The minimum atomic E-state index is -0.256. The Morgan fingerprint density at radius 2 is 1.96 bits per heavy atom. The van der Waals surface area contributed by atoms with Gasteiger partial charge in [0, 0.05) is 17.1 Å². The Bertz CT molecular complexity index is 1010. The Labute approximate surface area is 152 Å². The predicted octanol–water partition coefficient (Wildman–Crippen LogP) is 3.98. The summed E-state index contributed by atoms with van der Waals surface area (Å²) in [5.41, 5.74) is 3.24. The molecule has 134 valence electrons. The van der Waals surface area contributed by atoms with Gasteiger partial charge < -0.3 is 15.0 Å². The predicted molar refractivity (Wildman–Crippen MR) is 104 cm³/mol. The first-order chi connectivity index (χ1) is 12.4. The number of nitrogens with one attached hydrogen (secondary N) is 2. The molecular weight excluding hydrogens is 328 g/mol. The maximum Gasteiger partial charge on any atom is 0.262 e. The molecule has 0 saturated heterocycles. The first-order valence-electron chi connectivity index (χ1n) is 8.58. The summed E-state index contributed by atoms with van der Waals surface area (Å²) in [6.45, 7) is 5.98. The third kappa shape index (κ3) is 4.11. The van der Waals surface area contributed by atoms with Crippen LogP contribution in [0.3, 0.4) is 0 Å². The summed E-state index contributed by atoms with van der Waals surface area (Å²) < 4.78 is 5.51. The van der Waals surface area contributed by atoms with Crippen molar-refractivity contribution < 1.29 is 9.53 Å². The second kappa shape index (κ2) is 7.44. The van der Waals surface area contributed by atoms with E-state index in [9.17, 15) is 9.59 Å². The van der Waals surface area contributed by atoms with Crippen molar-refractivity contribution in [3.63, 3.8) is 0 Å². The topological polar surface area (TPSA) is 71.2 Å². The molecule has 0 unspecified atom stereocenters. The first-order valence-corrected chi connectivity index (χ1v) is 8.58. The normalized spacial score (nSPS) is 10.9. The van der Waals surface area contributed by atoms with Gasteiger partial charge in [-0.2, -0.15) is 0 Å². The molecule has 1 heterocycles. The molecule has 5 nitrogen and oxygen atoms in total. The molecule has 0 saturated carbocycles.